The van der Waals surface area contributed by atoms with Crippen LogP contribution in [0.1, 0.15) is 17.0 Å². The standard InChI is InChI=1S/C22H17F2N7O2/c1-31-17-11-12(18-27-29-30-28-18)20(33-2)25-19(17)26-21(31)22(32,13-7-3-5-9-15(13)23)14-8-4-6-10-16(14)24/h3-11,32H,1-2H3,(H,27,28,29,30). The normalized spacial score (nSPS) is 11.8. The topological polar surface area (TPSA) is 115 Å². The zero-order valence-electron chi connectivity index (χ0n) is 17.5. The first-order valence-corrected chi connectivity index (χ1v) is 9.83. The molecule has 0 fully saturated rings. The van der Waals surface area contributed by atoms with Gasteiger partial charge in [-0.25, -0.2) is 13.8 Å². The SMILES string of the molecule is COc1nc2nc(C(O)(c3ccccc3F)c3ccccc3F)n(C)c2cc1-c1nn[nH]n1. The van der Waals surface area contributed by atoms with Gasteiger partial charge in [-0.2, -0.15) is 10.2 Å². The third-order valence-electron chi connectivity index (χ3n) is 5.47. The van der Waals surface area contributed by atoms with Crippen LogP contribution in [0.4, 0.5) is 8.78 Å². The van der Waals surface area contributed by atoms with Crippen molar-refractivity contribution in [3.8, 4) is 17.3 Å². The molecule has 0 aliphatic carbocycles. The Morgan fingerprint density at radius 1 is 1.00 bits per heavy atom. The molecule has 5 rings (SSSR count). The van der Waals surface area contributed by atoms with Crippen LogP contribution in [0.15, 0.2) is 54.6 Å². The summed E-state index contributed by atoms with van der Waals surface area (Å²) in [5.41, 5.74) is -1.49. The van der Waals surface area contributed by atoms with Crippen molar-refractivity contribution in [2.75, 3.05) is 7.11 Å². The number of aliphatic hydroxyl groups is 1. The van der Waals surface area contributed by atoms with Crippen LogP contribution in [-0.4, -0.2) is 47.4 Å². The van der Waals surface area contributed by atoms with Gasteiger partial charge in [0.15, 0.2) is 17.1 Å². The number of fused-ring (bicyclic) bond motifs is 1. The molecular formula is C22H17F2N7O2. The highest BCUT2D eigenvalue weighted by molar-refractivity contribution is 5.80. The van der Waals surface area contributed by atoms with Gasteiger partial charge < -0.3 is 14.4 Å². The number of aryl methyl sites for hydroxylation is 1. The van der Waals surface area contributed by atoms with Crippen molar-refractivity contribution < 1.29 is 18.6 Å². The Labute approximate surface area is 185 Å². The maximum absolute atomic E-state index is 15.0. The molecule has 0 aliphatic rings. The number of tetrazole rings is 1. The van der Waals surface area contributed by atoms with Crippen LogP contribution in [0, 0.1) is 11.6 Å². The van der Waals surface area contributed by atoms with Gasteiger partial charge in [-0.1, -0.05) is 36.4 Å². The molecule has 0 atom stereocenters. The Morgan fingerprint density at radius 3 is 2.18 bits per heavy atom. The molecule has 0 unspecified atom stereocenters. The lowest BCUT2D eigenvalue weighted by Gasteiger charge is -2.29. The minimum Gasteiger partial charge on any atom is -0.480 e. The number of H-pyrrole nitrogens is 1. The number of benzene rings is 2. The molecule has 11 heteroatoms. The fourth-order valence-electron chi connectivity index (χ4n) is 3.91. The van der Waals surface area contributed by atoms with E-state index < -0.39 is 17.2 Å². The van der Waals surface area contributed by atoms with Crippen LogP contribution < -0.4 is 4.74 Å². The van der Waals surface area contributed by atoms with Crippen molar-refractivity contribution >= 4 is 11.2 Å². The molecule has 33 heavy (non-hydrogen) atoms. The molecule has 3 aromatic heterocycles. The Bertz CT molecular complexity index is 1420. The third kappa shape index (κ3) is 3.12. The van der Waals surface area contributed by atoms with E-state index in [-0.39, 0.29) is 34.3 Å². The monoisotopic (exact) mass is 449 g/mol. The van der Waals surface area contributed by atoms with Crippen molar-refractivity contribution in [1.29, 1.82) is 0 Å². The third-order valence-corrected chi connectivity index (χ3v) is 5.47. The maximum atomic E-state index is 15.0. The van der Waals surface area contributed by atoms with E-state index >= 15 is 0 Å². The van der Waals surface area contributed by atoms with Gasteiger partial charge in [-0.05, 0) is 23.4 Å². The van der Waals surface area contributed by atoms with Crippen LogP contribution in [0.5, 0.6) is 5.88 Å². The summed E-state index contributed by atoms with van der Waals surface area (Å²) in [6.45, 7) is 0. The average molecular weight is 449 g/mol. The first-order chi connectivity index (χ1) is 15.9. The van der Waals surface area contributed by atoms with Gasteiger partial charge in [-0.3, -0.25) is 0 Å². The van der Waals surface area contributed by atoms with Gasteiger partial charge in [0, 0.05) is 18.2 Å². The summed E-state index contributed by atoms with van der Waals surface area (Å²) in [4.78, 5) is 8.88. The van der Waals surface area contributed by atoms with Crippen molar-refractivity contribution in [3.63, 3.8) is 0 Å². The molecule has 0 bridgehead atoms. The lowest BCUT2D eigenvalue weighted by atomic mass is 9.84. The van der Waals surface area contributed by atoms with E-state index in [4.69, 9.17) is 4.74 Å². The van der Waals surface area contributed by atoms with Crippen LogP contribution >= 0.6 is 0 Å². The number of ether oxygens (including phenoxy) is 1. The van der Waals surface area contributed by atoms with E-state index in [1.165, 1.54) is 48.1 Å². The van der Waals surface area contributed by atoms with E-state index in [1.54, 1.807) is 25.2 Å². The van der Waals surface area contributed by atoms with Gasteiger partial charge in [0.25, 0.3) is 0 Å². The van der Waals surface area contributed by atoms with Crippen molar-refractivity contribution in [1.82, 2.24) is 35.2 Å². The number of pyridine rings is 1. The lowest BCUT2D eigenvalue weighted by Crippen LogP contribution is -2.34. The Kier molecular flexibility index (Phi) is 4.82. The van der Waals surface area contributed by atoms with E-state index in [2.05, 4.69) is 30.6 Å². The molecule has 2 aromatic carbocycles. The van der Waals surface area contributed by atoms with Gasteiger partial charge in [0.1, 0.15) is 11.6 Å². The smallest absolute Gasteiger partial charge is 0.226 e. The molecular weight excluding hydrogens is 432 g/mol. The predicted octanol–water partition coefficient (Wildman–Crippen LogP) is 2.72. The van der Waals surface area contributed by atoms with E-state index in [9.17, 15) is 13.9 Å². The summed E-state index contributed by atoms with van der Waals surface area (Å²) < 4.78 is 36.8. The highest BCUT2D eigenvalue weighted by Gasteiger charge is 2.42. The quantitative estimate of drug-likeness (QED) is 0.424. The fraction of sp³-hybridized carbons (Fsp3) is 0.136. The number of aromatic nitrogens is 7. The maximum Gasteiger partial charge on any atom is 0.226 e. The highest BCUT2D eigenvalue weighted by Crippen LogP contribution is 2.40. The minimum absolute atomic E-state index is 0.0347. The van der Waals surface area contributed by atoms with Gasteiger partial charge in [0.05, 0.1) is 18.2 Å². The first-order valence-electron chi connectivity index (χ1n) is 9.83. The Morgan fingerprint density at radius 2 is 1.64 bits per heavy atom. The number of nitrogens with zero attached hydrogens (tertiary/aromatic N) is 6. The molecule has 0 saturated carbocycles. The summed E-state index contributed by atoms with van der Waals surface area (Å²) in [6, 6.07) is 12.9. The number of halogens is 2. The van der Waals surface area contributed by atoms with Crippen LogP contribution in [-0.2, 0) is 12.6 Å². The summed E-state index contributed by atoms with van der Waals surface area (Å²) in [5, 5.41) is 25.8. The number of methoxy groups -OCH3 is 1. The first kappa shape index (κ1) is 20.6. The Balaban J connectivity index is 1.83. The van der Waals surface area contributed by atoms with Gasteiger partial charge >= 0.3 is 0 Å². The van der Waals surface area contributed by atoms with Gasteiger partial charge in [0.2, 0.25) is 11.7 Å². The molecule has 0 saturated heterocycles. The van der Waals surface area contributed by atoms with Crippen LogP contribution in [0.3, 0.4) is 0 Å². The molecule has 0 amide bonds. The zero-order valence-corrected chi connectivity index (χ0v) is 17.5. The predicted molar refractivity (Wildman–Crippen MR) is 113 cm³/mol. The molecule has 9 nitrogen and oxygen atoms in total. The van der Waals surface area contributed by atoms with Crippen LogP contribution in [0.25, 0.3) is 22.6 Å². The number of imidazole rings is 1. The number of aromatic amines is 1. The molecule has 166 valence electrons. The van der Waals surface area contributed by atoms with Crippen LogP contribution in [0.2, 0.25) is 0 Å². The molecule has 0 radical (unpaired) electrons. The molecule has 0 spiro atoms. The lowest BCUT2D eigenvalue weighted by molar-refractivity contribution is 0.104. The van der Waals surface area contributed by atoms with E-state index in [0.29, 0.717) is 11.1 Å². The highest BCUT2D eigenvalue weighted by atomic mass is 19.1. The number of hydrogen-bond acceptors (Lipinski definition) is 7. The largest absolute Gasteiger partial charge is 0.480 e. The van der Waals surface area contributed by atoms with E-state index in [0.717, 1.165) is 0 Å². The number of hydrogen-bond donors (Lipinski definition) is 2. The second kappa shape index (κ2) is 7.71. The molecule has 0 aliphatic heterocycles. The minimum atomic E-state index is -2.26. The molecule has 2 N–H and O–H groups in total. The molecule has 5 aromatic rings. The second-order valence-electron chi connectivity index (χ2n) is 7.29. The summed E-state index contributed by atoms with van der Waals surface area (Å²) >= 11 is 0. The Hall–Kier alpha value is -4.25. The van der Waals surface area contributed by atoms with Crippen molar-refractivity contribution in [3.05, 3.63) is 83.2 Å². The van der Waals surface area contributed by atoms with Crippen molar-refractivity contribution in [2.45, 2.75) is 5.60 Å². The summed E-state index contributed by atoms with van der Waals surface area (Å²) in [7, 11) is 3.04. The van der Waals surface area contributed by atoms with Crippen molar-refractivity contribution in [2.24, 2.45) is 7.05 Å². The summed E-state index contributed by atoms with van der Waals surface area (Å²) in [6.07, 6.45) is 0. The molecule has 3 heterocycles. The average Bonchev–Trinajstić information content (AvgIpc) is 3.47. The fourth-order valence-corrected chi connectivity index (χ4v) is 3.91. The number of nitrogens with one attached hydrogen (secondary N) is 1. The zero-order chi connectivity index (χ0) is 23.2. The summed E-state index contributed by atoms with van der Waals surface area (Å²) in [5.74, 6) is -1.05. The van der Waals surface area contributed by atoms with E-state index in [1.807, 2.05) is 0 Å². The van der Waals surface area contributed by atoms with Gasteiger partial charge in [-0.15, -0.1) is 10.2 Å². The number of rotatable bonds is 5. The second-order valence-corrected chi connectivity index (χ2v) is 7.29.